The van der Waals surface area contributed by atoms with Gasteiger partial charge in [0.25, 0.3) is 5.91 Å². The summed E-state index contributed by atoms with van der Waals surface area (Å²) in [5, 5.41) is 5.61. The van der Waals surface area contributed by atoms with Crippen LogP contribution in [-0.2, 0) is 6.54 Å². The highest BCUT2D eigenvalue weighted by Crippen LogP contribution is 2.34. The zero-order chi connectivity index (χ0) is 15.7. The van der Waals surface area contributed by atoms with Crippen molar-refractivity contribution >= 4 is 55.0 Å². The van der Waals surface area contributed by atoms with Crippen LogP contribution in [0.4, 0.5) is 0 Å². The fourth-order valence-electron chi connectivity index (χ4n) is 2.45. The van der Waals surface area contributed by atoms with E-state index in [4.69, 9.17) is 11.6 Å². The molecule has 3 aromatic rings. The molecule has 1 aromatic carbocycles. The number of nitrogens with one attached hydrogen (secondary N) is 1. The van der Waals surface area contributed by atoms with Crippen LogP contribution in [0.1, 0.15) is 23.0 Å². The van der Waals surface area contributed by atoms with Gasteiger partial charge in [-0.3, -0.25) is 4.79 Å². The van der Waals surface area contributed by atoms with Gasteiger partial charge in [-0.2, -0.15) is 0 Å². The summed E-state index contributed by atoms with van der Waals surface area (Å²) in [6.07, 6.45) is 0. The first kappa shape index (κ1) is 15.6. The molecule has 0 aliphatic heterocycles. The van der Waals surface area contributed by atoms with E-state index < -0.39 is 0 Å². The Balaban J connectivity index is 2.10. The molecule has 0 fully saturated rings. The molecule has 0 unspecified atom stereocenters. The molecule has 2 heterocycles. The Labute approximate surface area is 146 Å². The number of fused-ring (bicyclic) bond motifs is 1. The number of benzene rings is 1. The smallest absolute Gasteiger partial charge is 0.267 e. The number of nitrogens with zero attached hydrogens (tertiary/aromatic N) is 1. The van der Waals surface area contributed by atoms with Crippen molar-refractivity contribution in [2.45, 2.75) is 13.5 Å². The summed E-state index contributed by atoms with van der Waals surface area (Å²) >= 11 is 11.3. The van der Waals surface area contributed by atoms with Crippen molar-refractivity contribution in [1.29, 1.82) is 0 Å². The minimum atomic E-state index is -0.0557. The van der Waals surface area contributed by atoms with Gasteiger partial charge in [0.15, 0.2) is 0 Å². The van der Waals surface area contributed by atoms with E-state index in [1.807, 2.05) is 47.2 Å². The lowest BCUT2D eigenvalue weighted by Crippen LogP contribution is -2.25. The van der Waals surface area contributed by atoms with Crippen LogP contribution in [0.25, 0.3) is 10.2 Å². The number of carbonyl (C=O) groups is 1. The van der Waals surface area contributed by atoms with Crippen molar-refractivity contribution in [3.63, 3.8) is 0 Å². The average molecular weight is 398 g/mol. The Kier molecular flexibility index (Phi) is 4.57. The standard InChI is InChI=1S/C16H14BrClN2OS/c1-2-19-16(21)13-7-14-15(12(17)9-22-14)20(13)8-10-4-3-5-11(18)6-10/h3-7,9H,2,8H2,1H3,(H,19,21). The van der Waals surface area contributed by atoms with Gasteiger partial charge in [0, 0.05) is 23.5 Å². The molecule has 0 aliphatic carbocycles. The van der Waals surface area contributed by atoms with Crippen LogP contribution in [0.15, 0.2) is 40.2 Å². The van der Waals surface area contributed by atoms with Gasteiger partial charge in [-0.15, -0.1) is 11.3 Å². The third-order valence-electron chi connectivity index (χ3n) is 3.38. The lowest BCUT2D eigenvalue weighted by Gasteiger charge is -2.11. The molecule has 0 radical (unpaired) electrons. The number of hydrogen-bond donors (Lipinski definition) is 1. The summed E-state index contributed by atoms with van der Waals surface area (Å²) in [4.78, 5) is 12.3. The van der Waals surface area contributed by atoms with E-state index >= 15 is 0 Å². The van der Waals surface area contributed by atoms with Crippen LogP contribution < -0.4 is 5.32 Å². The summed E-state index contributed by atoms with van der Waals surface area (Å²) in [7, 11) is 0. The van der Waals surface area contributed by atoms with Crippen molar-refractivity contribution < 1.29 is 4.79 Å². The molecule has 114 valence electrons. The van der Waals surface area contributed by atoms with E-state index in [-0.39, 0.29) is 5.91 Å². The molecule has 2 aromatic heterocycles. The molecule has 0 spiro atoms. The molecular weight excluding hydrogens is 384 g/mol. The third kappa shape index (κ3) is 2.93. The van der Waals surface area contributed by atoms with E-state index in [1.165, 1.54) is 0 Å². The lowest BCUT2D eigenvalue weighted by atomic mass is 10.2. The minimum absolute atomic E-state index is 0.0557. The first-order valence-electron chi connectivity index (χ1n) is 6.89. The van der Waals surface area contributed by atoms with Crippen LogP contribution in [0.3, 0.4) is 0 Å². The predicted molar refractivity (Wildman–Crippen MR) is 96.1 cm³/mol. The van der Waals surface area contributed by atoms with Crippen LogP contribution in [-0.4, -0.2) is 17.0 Å². The highest BCUT2D eigenvalue weighted by Gasteiger charge is 2.18. The number of carbonyl (C=O) groups excluding carboxylic acids is 1. The fraction of sp³-hybridized carbons (Fsp3) is 0.188. The predicted octanol–water partition coefficient (Wildman–Crippen LogP) is 4.92. The zero-order valence-corrected chi connectivity index (χ0v) is 15.1. The Bertz CT molecular complexity index is 840. The largest absolute Gasteiger partial charge is 0.351 e. The third-order valence-corrected chi connectivity index (χ3v) is 5.44. The van der Waals surface area contributed by atoms with Gasteiger partial charge in [-0.25, -0.2) is 0 Å². The first-order valence-corrected chi connectivity index (χ1v) is 8.94. The van der Waals surface area contributed by atoms with Crippen molar-refractivity contribution in [2.75, 3.05) is 6.54 Å². The zero-order valence-electron chi connectivity index (χ0n) is 11.9. The summed E-state index contributed by atoms with van der Waals surface area (Å²) in [5.41, 5.74) is 2.78. The highest BCUT2D eigenvalue weighted by atomic mass is 79.9. The van der Waals surface area contributed by atoms with E-state index in [9.17, 15) is 4.79 Å². The molecule has 0 atom stereocenters. The number of amides is 1. The number of thiophene rings is 1. The maximum absolute atomic E-state index is 12.3. The molecule has 3 nitrogen and oxygen atoms in total. The molecule has 3 rings (SSSR count). The van der Waals surface area contributed by atoms with Gasteiger partial charge in [0.2, 0.25) is 0 Å². The number of aromatic nitrogens is 1. The van der Waals surface area contributed by atoms with Crippen molar-refractivity contribution in [1.82, 2.24) is 9.88 Å². The average Bonchev–Trinajstić information content (AvgIpc) is 3.01. The fourth-order valence-corrected chi connectivity index (χ4v) is 4.36. The highest BCUT2D eigenvalue weighted by molar-refractivity contribution is 9.10. The maximum Gasteiger partial charge on any atom is 0.267 e. The minimum Gasteiger partial charge on any atom is -0.351 e. The van der Waals surface area contributed by atoms with Crippen LogP contribution in [0.5, 0.6) is 0 Å². The monoisotopic (exact) mass is 396 g/mol. The van der Waals surface area contributed by atoms with Gasteiger partial charge in [0.1, 0.15) is 5.69 Å². The Morgan fingerprint density at radius 1 is 1.41 bits per heavy atom. The van der Waals surface area contributed by atoms with Gasteiger partial charge in [-0.1, -0.05) is 23.7 Å². The van der Waals surface area contributed by atoms with E-state index in [2.05, 4.69) is 21.2 Å². The maximum atomic E-state index is 12.3. The Morgan fingerprint density at radius 2 is 2.23 bits per heavy atom. The molecule has 0 saturated carbocycles. The molecular formula is C16H14BrClN2OS. The van der Waals surface area contributed by atoms with Crippen molar-refractivity contribution in [3.05, 3.63) is 56.5 Å². The lowest BCUT2D eigenvalue weighted by molar-refractivity contribution is 0.0947. The van der Waals surface area contributed by atoms with Crippen molar-refractivity contribution in [2.24, 2.45) is 0 Å². The molecule has 1 amide bonds. The Hall–Kier alpha value is -1.30. The van der Waals surface area contributed by atoms with Crippen LogP contribution in [0, 0.1) is 0 Å². The molecule has 6 heteroatoms. The second-order valence-corrected chi connectivity index (χ2v) is 7.10. The van der Waals surface area contributed by atoms with Gasteiger partial charge < -0.3 is 9.88 Å². The summed E-state index contributed by atoms with van der Waals surface area (Å²) < 4.78 is 4.13. The molecule has 22 heavy (non-hydrogen) atoms. The van der Waals surface area contributed by atoms with Crippen LogP contribution in [0.2, 0.25) is 5.02 Å². The summed E-state index contributed by atoms with van der Waals surface area (Å²) in [6, 6.07) is 9.66. The second-order valence-electron chi connectivity index (χ2n) is 4.90. The first-order chi connectivity index (χ1) is 10.6. The number of halogens is 2. The quantitative estimate of drug-likeness (QED) is 0.666. The summed E-state index contributed by atoms with van der Waals surface area (Å²) in [5.74, 6) is -0.0557. The molecule has 0 bridgehead atoms. The molecule has 0 saturated heterocycles. The molecule has 0 aliphatic rings. The molecule has 1 N–H and O–H groups in total. The van der Waals surface area contributed by atoms with Gasteiger partial charge in [-0.05, 0) is 46.6 Å². The topological polar surface area (TPSA) is 34.0 Å². The van der Waals surface area contributed by atoms with Crippen LogP contribution >= 0.6 is 38.9 Å². The van der Waals surface area contributed by atoms with E-state index in [1.54, 1.807) is 11.3 Å². The van der Waals surface area contributed by atoms with Gasteiger partial charge in [0.05, 0.1) is 14.7 Å². The van der Waals surface area contributed by atoms with Crippen molar-refractivity contribution in [3.8, 4) is 0 Å². The SMILES string of the molecule is CCNC(=O)c1cc2scc(Br)c2n1Cc1cccc(Cl)c1. The Morgan fingerprint density at radius 3 is 2.95 bits per heavy atom. The summed E-state index contributed by atoms with van der Waals surface area (Å²) in [6.45, 7) is 3.13. The van der Waals surface area contributed by atoms with E-state index in [0.717, 1.165) is 20.3 Å². The van der Waals surface area contributed by atoms with E-state index in [0.29, 0.717) is 23.8 Å². The normalized spacial score (nSPS) is 11.0. The second kappa shape index (κ2) is 6.44. The van der Waals surface area contributed by atoms with Gasteiger partial charge >= 0.3 is 0 Å². The number of rotatable bonds is 4. The number of hydrogen-bond acceptors (Lipinski definition) is 2.